The zero-order valence-electron chi connectivity index (χ0n) is 6.55. The normalized spacial score (nSPS) is 12.2. The van der Waals surface area contributed by atoms with E-state index in [0.29, 0.717) is 6.61 Å². The van der Waals surface area contributed by atoms with E-state index >= 15 is 0 Å². The summed E-state index contributed by atoms with van der Waals surface area (Å²) in [5, 5.41) is 0. The maximum Gasteiger partial charge on any atom is 1.00 e. The molecule has 10 heavy (non-hydrogen) atoms. The van der Waals surface area contributed by atoms with Crippen molar-refractivity contribution in [2.24, 2.45) is 0 Å². The SMILES string of the molecule is CCCCCO[PH](=O)[O-].[Na+]. The van der Waals surface area contributed by atoms with Crippen molar-refractivity contribution in [2.45, 2.75) is 26.2 Å². The van der Waals surface area contributed by atoms with Crippen molar-refractivity contribution in [3.8, 4) is 0 Å². The summed E-state index contributed by atoms with van der Waals surface area (Å²) in [6.45, 7) is 2.41. The molecular weight excluding hydrogens is 162 g/mol. The Morgan fingerprint density at radius 3 is 2.50 bits per heavy atom. The summed E-state index contributed by atoms with van der Waals surface area (Å²) in [6.07, 6.45) is 2.97. The third kappa shape index (κ3) is 11.9. The second kappa shape index (κ2) is 10.2. The molecular formula is C5H12NaO3P. The maximum absolute atomic E-state index is 9.81. The van der Waals surface area contributed by atoms with Crippen LogP contribution in [-0.4, -0.2) is 6.61 Å². The summed E-state index contributed by atoms with van der Waals surface area (Å²) in [5.41, 5.74) is 0. The van der Waals surface area contributed by atoms with Crippen molar-refractivity contribution in [3.05, 3.63) is 0 Å². The van der Waals surface area contributed by atoms with E-state index in [-0.39, 0.29) is 29.6 Å². The molecule has 0 rings (SSSR count). The fourth-order valence-corrected chi connectivity index (χ4v) is 0.819. The van der Waals surface area contributed by atoms with Crippen LogP contribution >= 0.6 is 8.25 Å². The average Bonchev–Trinajstić information content (AvgIpc) is 1.80. The first-order chi connectivity index (χ1) is 4.27. The van der Waals surface area contributed by atoms with Gasteiger partial charge < -0.3 is 14.0 Å². The van der Waals surface area contributed by atoms with Crippen molar-refractivity contribution in [3.63, 3.8) is 0 Å². The summed E-state index contributed by atoms with van der Waals surface area (Å²) in [5.74, 6) is 0. The molecule has 0 saturated heterocycles. The average molecular weight is 174 g/mol. The van der Waals surface area contributed by atoms with Crippen molar-refractivity contribution in [1.82, 2.24) is 0 Å². The van der Waals surface area contributed by atoms with Crippen LogP contribution in [0.4, 0.5) is 0 Å². The van der Waals surface area contributed by atoms with E-state index in [1.165, 1.54) is 0 Å². The van der Waals surface area contributed by atoms with Gasteiger partial charge in [0.1, 0.15) is 8.25 Å². The van der Waals surface area contributed by atoms with Gasteiger partial charge in [0, 0.05) is 0 Å². The molecule has 0 aromatic rings. The van der Waals surface area contributed by atoms with Crippen LogP contribution in [0.25, 0.3) is 0 Å². The maximum atomic E-state index is 9.81. The largest absolute Gasteiger partial charge is 1.00 e. The summed E-state index contributed by atoms with van der Waals surface area (Å²) in [6, 6.07) is 0. The van der Waals surface area contributed by atoms with Gasteiger partial charge in [0.05, 0.1) is 6.61 Å². The number of hydrogen-bond acceptors (Lipinski definition) is 3. The van der Waals surface area contributed by atoms with Crippen LogP contribution in [0.5, 0.6) is 0 Å². The van der Waals surface area contributed by atoms with Gasteiger partial charge in [0.2, 0.25) is 0 Å². The van der Waals surface area contributed by atoms with E-state index in [9.17, 15) is 9.46 Å². The Morgan fingerprint density at radius 1 is 1.50 bits per heavy atom. The molecule has 3 nitrogen and oxygen atoms in total. The molecule has 0 fully saturated rings. The molecule has 1 unspecified atom stereocenters. The summed E-state index contributed by atoms with van der Waals surface area (Å²) >= 11 is 0. The molecule has 0 bridgehead atoms. The molecule has 56 valence electrons. The molecule has 0 radical (unpaired) electrons. The Labute approximate surface area is 84.4 Å². The molecule has 0 heterocycles. The standard InChI is InChI=1S/C5H13O3P.Na/c1-2-3-4-5-8-9(6)7;/h9H,2-5H2,1H3,(H,6,7);/q;+1/p-1. The number of rotatable bonds is 5. The Kier molecular flexibility index (Phi) is 13.9. The van der Waals surface area contributed by atoms with Crippen LogP contribution in [-0.2, 0) is 9.09 Å². The van der Waals surface area contributed by atoms with Crippen LogP contribution in [0.15, 0.2) is 0 Å². The summed E-state index contributed by atoms with van der Waals surface area (Å²) in [4.78, 5) is 9.81. The van der Waals surface area contributed by atoms with Crippen LogP contribution in [0, 0.1) is 0 Å². The minimum atomic E-state index is -2.92. The fourth-order valence-electron chi connectivity index (χ4n) is 0.508. The Bertz CT molecular complexity index is 89.0. The van der Waals surface area contributed by atoms with Crippen molar-refractivity contribution in [1.29, 1.82) is 0 Å². The number of hydrogen-bond donors (Lipinski definition) is 0. The van der Waals surface area contributed by atoms with Crippen molar-refractivity contribution < 1.29 is 43.5 Å². The smallest absolute Gasteiger partial charge is 0.781 e. The van der Waals surface area contributed by atoms with Gasteiger partial charge in [-0.3, -0.25) is 0 Å². The monoisotopic (exact) mass is 174 g/mol. The molecule has 0 aliphatic heterocycles. The predicted molar refractivity (Wildman–Crippen MR) is 34.5 cm³/mol. The zero-order chi connectivity index (χ0) is 7.11. The zero-order valence-corrected chi connectivity index (χ0v) is 9.55. The van der Waals surface area contributed by atoms with E-state index in [1.807, 2.05) is 0 Å². The van der Waals surface area contributed by atoms with E-state index < -0.39 is 8.25 Å². The Morgan fingerprint density at radius 2 is 2.10 bits per heavy atom. The van der Waals surface area contributed by atoms with E-state index in [0.717, 1.165) is 19.3 Å². The minimum absolute atomic E-state index is 0. The first kappa shape index (κ1) is 13.7. The van der Waals surface area contributed by atoms with Gasteiger partial charge in [-0.1, -0.05) is 19.8 Å². The van der Waals surface area contributed by atoms with Crippen LogP contribution in [0.2, 0.25) is 0 Å². The summed E-state index contributed by atoms with van der Waals surface area (Å²) in [7, 11) is -2.92. The van der Waals surface area contributed by atoms with Gasteiger partial charge in [-0.2, -0.15) is 0 Å². The van der Waals surface area contributed by atoms with Gasteiger partial charge >= 0.3 is 29.6 Å². The topological polar surface area (TPSA) is 49.4 Å². The fraction of sp³-hybridized carbons (Fsp3) is 1.00. The second-order valence-corrected chi connectivity index (χ2v) is 2.59. The van der Waals surface area contributed by atoms with Crippen molar-refractivity contribution in [2.75, 3.05) is 6.61 Å². The first-order valence-corrected chi connectivity index (χ1v) is 4.33. The minimum Gasteiger partial charge on any atom is -0.781 e. The molecule has 0 N–H and O–H groups in total. The second-order valence-electron chi connectivity index (χ2n) is 1.81. The van der Waals surface area contributed by atoms with E-state index in [4.69, 9.17) is 0 Å². The molecule has 1 atom stereocenters. The predicted octanol–water partition coefficient (Wildman–Crippen LogP) is -2.05. The van der Waals surface area contributed by atoms with Gasteiger partial charge in [0.15, 0.2) is 0 Å². The quantitative estimate of drug-likeness (QED) is 0.274. The molecule has 0 spiro atoms. The third-order valence-electron chi connectivity index (χ3n) is 0.968. The number of unbranched alkanes of at least 4 members (excludes halogenated alkanes) is 2. The summed E-state index contributed by atoms with van der Waals surface area (Å²) < 4.78 is 14.1. The molecule has 0 aliphatic carbocycles. The molecule has 0 aromatic heterocycles. The van der Waals surface area contributed by atoms with E-state index in [2.05, 4.69) is 11.4 Å². The molecule has 0 aromatic carbocycles. The van der Waals surface area contributed by atoms with Gasteiger partial charge in [-0.15, -0.1) is 0 Å². The van der Waals surface area contributed by atoms with Gasteiger partial charge in [-0.05, 0) is 6.42 Å². The van der Waals surface area contributed by atoms with Crippen LogP contribution in [0.3, 0.4) is 0 Å². The third-order valence-corrected chi connectivity index (χ3v) is 1.41. The van der Waals surface area contributed by atoms with E-state index in [1.54, 1.807) is 0 Å². The van der Waals surface area contributed by atoms with Gasteiger partial charge in [0.25, 0.3) is 0 Å². The Balaban J connectivity index is 0. The molecule has 0 saturated carbocycles. The van der Waals surface area contributed by atoms with Crippen LogP contribution in [0.1, 0.15) is 26.2 Å². The molecule has 0 amide bonds. The first-order valence-electron chi connectivity index (χ1n) is 3.11. The Hall–Kier alpha value is 1.15. The van der Waals surface area contributed by atoms with Crippen LogP contribution < -0.4 is 34.5 Å². The molecule has 0 aliphatic rings. The molecule has 5 heteroatoms. The van der Waals surface area contributed by atoms with Gasteiger partial charge in [-0.25, -0.2) is 0 Å². The van der Waals surface area contributed by atoms with Crippen molar-refractivity contribution >= 4 is 8.25 Å².